The number of hydrogen-bond acceptors (Lipinski definition) is 13. The zero-order chi connectivity index (χ0) is 56.2. The molecule has 11 rings (SSSR count). The van der Waals surface area contributed by atoms with Crippen molar-refractivity contribution in [2.24, 2.45) is 22.7 Å². The first-order valence-corrected chi connectivity index (χ1v) is 29.2. The third kappa shape index (κ3) is 12.3. The number of carbonyl (C=O) groups excluding carboxylic acids is 7. The number of piperidine rings is 3. The van der Waals surface area contributed by atoms with E-state index in [0.717, 1.165) is 92.6 Å². The Hall–Kier alpha value is -7.38. The molecule has 0 bridgehead atoms. The van der Waals surface area contributed by atoms with Gasteiger partial charge in [-0.15, -0.1) is 0 Å². The van der Waals surface area contributed by atoms with Gasteiger partial charge in [-0.25, -0.2) is 4.98 Å². The standard InChI is InChI=1S/C61H71ClN10O9/c1-63-60(79)61(81-52-8-3-2-5-45(52)51-34-47-48(62)6-4-7-49(47)66-51)21-26-71(27-22-61)59(78)46-35-55(74)67-50-33-42(14-15-44(46)50)80-32-23-64-56(75)39-9-11-40(12-10-39)58(77)72-30-28-69(29-31-72)37-38-19-24-70(25-20-38)53-17-13-41(36-65-53)43-16-18-54(73)68-57(43)76/h2-8,13-15,17,33,36,38-40,43,46H,9-12,16,18-32,34-35,37H2,1H3,(H,63,79)(H,64,75)(H,67,74)(H,68,73,76)/t39?,40?,43?,46-/m0/s1. The molecule has 2 atom stereocenters. The van der Waals surface area contributed by atoms with Crippen molar-refractivity contribution >= 4 is 75.9 Å². The predicted octanol–water partition coefficient (Wildman–Crippen LogP) is 5.91. The second kappa shape index (κ2) is 24.4. The molecule has 0 spiro atoms. The number of nitrogens with one attached hydrogen (secondary N) is 4. The van der Waals surface area contributed by atoms with Crippen molar-refractivity contribution in [1.29, 1.82) is 0 Å². The summed E-state index contributed by atoms with van der Waals surface area (Å²) < 4.78 is 12.7. The van der Waals surface area contributed by atoms with Crippen molar-refractivity contribution < 1.29 is 43.0 Å². The highest BCUT2D eigenvalue weighted by Gasteiger charge is 2.46. The van der Waals surface area contributed by atoms with Crippen LogP contribution in [0.2, 0.25) is 5.02 Å². The Morgan fingerprint density at radius 3 is 2.26 bits per heavy atom. The number of hydrogen-bond donors (Lipinski definition) is 4. The molecule has 4 N–H and O–H groups in total. The quantitative estimate of drug-likeness (QED) is 0.0807. The number of ether oxygens (including phenoxy) is 2. The predicted molar refractivity (Wildman–Crippen MR) is 305 cm³/mol. The number of likely N-dealkylation sites (N-methyl/N-ethyl adjacent to an activating group) is 1. The zero-order valence-electron chi connectivity index (χ0n) is 45.9. The van der Waals surface area contributed by atoms with Gasteiger partial charge in [0, 0.05) is 144 Å². The Morgan fingerprint density at radius 2 is 1.53 bits per heavy atom. The molecular formula is C61H71ClN10O9. The molecule has 7 aliphatic rings. The summed E-state index contributed by atoms with van der Waals surface area (Å²) >= 11 is 6.51. The van der Waals surface area contributed by atoms with E-state index in [4.69, 9.17) is 26.1 Å². The third-order valence-electron chi connectivity index (χ3n) is 17.8. The molecule has 5 fully saturated rings. The highest BCUT2D eigenvalue weighted by molar-refractivity contribution is 6.32. The fraction of sp³-hybridized carbons (Fsp3) is 0.492. The van der Waals surface area contributed by atoms with Crippen LogP contribution in [0.5, 0.6) is 11.5 Å². The summed E-state index contributed by atoms with van der Waals surface area (Å²) in [7, 11) is 1.58. The SMILES string of the molecule is CNC(=O)C1(Oc2ccccc2C2=Nc3cccc(Cl)c3C2)CCN(C(=O)[C@H]2CC(=O)Nc3cc(OCCNC(=O)C4CCC(C(=O)N5CCN(CC6CCN(c7ccc(C8CCC(=O)NC8=O)cn7)CC6)CC5)CC4)ccc32)CC1. The van der Waals surface area contributed by atoms with Crippen LogP contribution in [0.1, 0.15) is 105 Å². The molecule has 1 saturated carbocycles. The van der Waals surface area contributed by atoms with Crippen LogP contribution in [0.4, 0.5) is 17.2 Å². The molecule has 6 aliphatic heterocycles. The van der Waals surface area contributed by atoms with Crippen molar-refractivity contribution in [2.45, 2.75) is 94.5 Å². The van der Waals surface area contributed by atoms with Gasteiger partial charge in [0.1, 0.15) is 23.9 Å². The first kappa shape index (κ1) is 55.5. The molecule has 19 nitrogen and oxygen atoms in total. The van der Waals surface area contributed by atoms with E-state index in [1.165, 1.54) is 0 Å². The number of anilines is 2. The van der Waals surface area contributed by atoms with Crippen LogP contribution in [0, 0.1) is 17.8 Å². The lowest BCUT2D eigenvalue weighted by atomic mass is 9.81. The summed E-state index contributed by atoms with van der Waals surface area (Å²) in [5, 5.41) is 11.8. The number of piperazine rings is 1. The lowest BCUT2D eigenvalue weighted by Gasteiger charge is -2.42. The van der Waals surface area contributed by atoms with Crippen molar-refractivity contribution in [2.75, 3.05) is 89.3 Å². The molecule has 7 amide bonds. The zero-order valence-corrected chi connectivity index (χ0v) is 46.6. The summed E-state index contributed by atoms with van der Waals surface area (Å²) in [6.45, 7) is 6.97. The van der Waals surface area contributed by atoms with Gasteiger partial charge in [0.05, 0.1) is 29.8 Å². The molecule has 7 heterocycles. The molecule has 1 unspecified atom stereocenters. The van der Waals surface area contributed by atoms with Gasteiger partial charge in [-0.3, -0.25) is 48.8 Å². The van der Waals surface area contributed by atoms with E-state index in [-0.39, 0.29) is 105 Å². The average Bonchev–Trinajstić information content (AvgIpc) is 4.08. The van der Waals surface area contributed by atoms with Crippen molar-refractivity contribution in [1.82, 2.24) is 35.6 Å². The van der Waals surface area contributed by atoms with E-state index < -0.39 is 11.5 Å². The number of aromatic nitrogens is 1. The van der Waals surface area contributed by atoms with E-state index in [9.17, 15) is 33.6 Å². The molecule has 81 heavy (non-hydrogen) atoms. The van der Waals surface area contributed by atoms with Crippen LogP contribution < -0.4 is 35.6 Å². The molecule has 4 aromatic rings. The molecule has 426 valence electrons. The molecular weight excluding hydrogens is 1050 g/mol. The summed E-state index contributed by atoms with van der Waals surface area (Å²) in [6.07, 6.45) is 8.43. The average molecular weight is 1120 g/mol. The molecule has 1 aromatic heterocycles. The minimum Gasteiger partial charge on any atom is -0.492 e. The summed E-state index contributed by atoms with van der Waals surface area (Å²) in [5.74, 6) is 0.134. The fourth-order valence-corrected chi connectivity index (χ4v) is 13.3. The first-order valence-electron chi connectivity index (χ1n) is 28.9. The number of likely N-dealkylation sites (tertiary alicyclic amines) is 1. The van der Waals surface area contributed by atoms with Gasteiger partial charge in [-0.2, -0.15) is 0 Å². The normalized spacial score (nSPS) is 23.1. The minimum absolute atomic E-state index is 0.0156. The van der Waals surface area contributed by atoms with Crippen LogP contribution >= 0.6 is 11.6 Å². The van der Waals surface area contributed by atoms with E-state index in [2.05, 4.69) is 36.1 Å². The Labute approximate surface area is 476 Å². The minimum atomic E-state index is -1.25. The second-order valence-corrected chi connectivity index (χ2v) is 23.1. The van der Waals surface area contributed by atoms with Crippen LogP contribution in [0.15, 0.2) is 84.0 Å². The van der Waals surface area contributed by atoms with Gasteiger partial charge in [0.2, 0.25) is 35.4 Å². The van der Waals surface area contributed by atoms with E-state index in [0.29, 0.717) is 78.6 Å². The number of imide groups is 1. The number of amides is 7. The van der Waals surface area contributed by atoms with Gasteiger partial charge in [0.15, 0.2) is 5.60 Å². The molecule has 1 aliphatic carbocycles. The van der Waals surface area contributed by atoms with Crippen molar-refractivity contribution in [3.05, 3.63) is 106 Å². The summed E-state index contributed by atoms with van der Waals surface area (Å²) in [6, 6.07) is 22.4. The third-order valence-corrected chi connectivity index (χ3v) is 18.1. The van der Waals surface area contributed by atoms with Gasteiger partial charge in [0.25, 0.3) is 5.91 Å². The van der Waals surface area contributed by atoms with E-state index in [1.807, 2.05) is 65.6 Å². The first-order chi connectivity index (χ1) is 39.3. The number of nitrogens with zero attached hydrogens (tertiary/aromatic N) is 6. The Morgan fingerprint density at radius 1 is 0.778 bits per heavy atom. The Balaban J connectivity index is 0.589. The number of benzene rings is 3. The summed E-state index contributed by atoms with van der Waals surface area (Å²) in [4.78, 5) is 110. The summed E-state index contributed by atoms with van der Waals surface area (Å²) in [5.41, 5.74) is 4.08. The van der Waals surface area contributed by atoms with Gasteiger partial charge in [-0.1, -0.05) is 41.9 Å². The number of carbonyl (C=O) groups is 7. The van der Waals surface area contributed by atoms with Gasteiger partial charge < -0.3 is 40.1 Å². The van der Waals surface area contributed by atoms with Crippen molar-refractivity contribution in [3.63, 3.8) is 0 Å². The molecule has 20 heteroatoms. The highest BCUT2D eigenvalue weighted by atomic mass is 35.5. The maximum absolute atomic E-state index is 14.3. The maximum Gasteiger partial charge on any atom is 0.264 e. The largest absolute Gasteiger partial charge is 0.492 e. The number of rotatable bonds is 15. The second-order valence-electron chi connectivity index (χ2n) is 22.7. The van der Waals surface area contributed by atoms with Gasteiger partial charge in [-0.05, 0) is 98.4 Å². The number of para-hydroxylation sites is 1. The number of pyridine rings is 1. The van der Waals surface area contributed by atoms with E-state index >= 15 is 0 Å². The highest BCUT2D eigenvalue weighted by Crippen LogP contribution is 2.41. The number of halogens is 1. The molecule has 4 saturated heterocycles. The topological polar surface area (TPSA) is 224 Å². The van der Waals surface area contributed by atoms with E-state index in [1.54, 1.807) is 30.3 Å². The fourth-order valence-electron chi connectivity index (χ4n) is 13.0. The number of fused-ring (bicyclic) bond motifs is 2. The molecule has 0 radical (unpaired) electrons. The van der Waals surface area contributed by atoms with Crippen LogP contribution in [-0.4, -0.2) is 151 Å². The monoisotopic (exact) mass is 1120 g/mol. The van der Waals surface area contributed by atoms with Gasteiger partial charge >= 0.3 is 0 Å². The van der Waals surface area contributed by atoms with Crippen LogP contribution in [0.25, 0.3) is 0 Å². The lowest BCUT2D eigenvalue weighted by molar-refractivity contribution is -0.147. The maximum atomic E-state index is 14.3. The van der Waals surface area contributed by atoms with Crippen molar-refractivity contribution in [3.8, 4) is 11.5 Å². The lowest BCUT2D eigenvalue weighted by Crippen LogP contribution is -2.58. The van der Waals surface area contributed by atoms with Crippen LogP contribution in [0.3, 0.4) is 0 Å². The van der Waals surface area contributed by atoms with Crippen LogP contribution in [-0.2, 0) is 40.0 Å². The Kier molecular flexibility index (Phi) is 16.7. The molecule has 3 aromatic carbocycles. The smallest absolute Gasteiger partial charge is 0.264 e. The number of aliphatic imine (C=N–C) groups is 1. The Bertz CT molecular complexity index is 3090.